The maximum absolute atomic E-state index is 12.1. The van der Waals surface area contributed by atoms with Crippen molar-refractivity contribution in [3.05, 3.63) is 66.5 Å². The number of aromatic nitrogens is 2. The summed E-state index contributed by atoms with van der Waals surface area (Å²) in [5.74, 6) is 0.942. The summed E-state index contributed by atoms with van der Waals surface area (Å²) in [7, 11) is 1.96. The number of benzene rings is 2. The molecular formula is C21H23N3O2S. The maximum Gasteiger partial charge on any atom is 0.262 e. The summed E-state index contributed by atoms with van der Waals surface area (Å²) in [6.45, 7) is 4.23. The molecule has 0 aliphatic heterocycles. The molecule has 0 radical (unpaired) electrons. The number of nitrogens with one attached hydrogen (secondary N) is 1. The highest BCUT2D eigenvalue weighted by Gasteiger charge is 2.07. The molecule has 0 fully saturated rings. The zero-order chi connectivity index (χ0) is 19.2. The summed E-state index contributed by atoms with van der Waals surface area (Å²) in [4.78, 5) is 17.5. The summed E-state index contributed by atoms with van der Waals surface area (Å²) in [5, 5.41) is 3.77. The maximum atomic E-state index is 12.1. The number of aryl methyl sites for hydroxylation is 1. The Hall–Kier alpha value is -2.73. The van der Waals surface area contributed by atoms with E-state index >= 15 is 0 Å². The van der Waals surface area contributed by atoms with Gasteiger partial charge >= 0.3 is 0 Å². The number of imidazole rings is 1. The van der Waals surface area contributed by atoms with E-state index in [0.29, 0.717) is 11.7 Å². The largest absolute Gasteiger partial charge is 0.484 e. The number of anilines is 1. The van der Waals surface area contributed by atoms with Crippen molar-refractivity contribution in [2.24, 2.45) is 7.05 Å². The molecule has 0 bridgehead atoms. The molecule has 3 aromatic rings. The van der Waals surface area contributed by atoms with Crippen LogP contribution in [0.1, 0.15) is 25.3 Å². The SMILES string of the molecule is CC(C)c1cccc(OCC(=O)Nc2ccc(Sc3nccn3C)cc2)c1. The molecule has 6 heteroatoms. The molecule has 5 nitrogen and oxygen atoms in total. The quantitative estimate of drug-likeness (QED) is 0.644. The Morgan fingerprint density at radius 2 is 2.00 bits per heavy atom. The molecule has 0 spiro atoms. The van der Waals surface area contributed by atoms with E-state index in [4.69, 9.17) is 4.74 Å². The van der Waals surface area contributed by atoms with Gasteiger partial charge in [-0.05, 0) is 47.9 Å². The number of nitrogens with zero attached hydrogens (tertiary/aromatic N) is 2. The second kappa shape index (κ2) is 8.77. The number of carbonyl (C=O) groups excluding carboxylic acids is 1. The lowest BCUT2D eigenvalue weighted by Gasteiger charge is -2.10. The van der Waals surface area contributed by atoms with E-state index < -0.39 is 0 Å². The predicted octanol–water partition coefficient (Wildman–Crippen LogP) is 4.71. The number of carbonyl (C=O) groups is 1. The Bertz CT molecular complexity index is 904. The van der Waals surface area contributed by atoms with Gasteiger partial charge in [-0.25, -0.2) is 4.98 Å². The fraction of sp³-hybridized carbons (Fsp3) is 0.238. The Morgan fingerprint density at radius 1 is 1.22 bits per heavy atom. The Balaban J connectivity index is 1.52. The number of amides is 1. The van der Waals surface area contributed by atoms with Crippen molar-refractivity contribution >= 4 is 23.4 Å². The van der Waals surface area contributed by atoms with Crippen LogP contribution in [0.25, 0.3) is 0 Å². The first kappa shape index (κ1) is 19.0. The summed E-state index contributed by atoms with van der Waals surface area (Å²) < 4.78 is 7.57. The van der Waals surface area contributed by atoms with Gasteiger partial charge in [0.05, 0.1) is 0 Å². The average molecular weight is 382 g/mol. The number of hydrogen-bond donors (Lipinski definition) is 1. The molecule has 27 heavy (non-hydrogen) atoms. The molecule has 1 amide bonds. The highest BCUT2D eigenvalue weighted by molar-refractivity contribution is 7.99. The lowest BCUT2D eigenvalue weighted by Crippen LogP contribution is -2.20. The minimum atomic E-state index is -0.186. The molecule has 1 heterocycles. The van der Waals surface area contributed by atoms with Gasteiger partial charge in [-0.2, -0.15) is 0 Å². The van der Waals surface area contributed by atoms with Gasteiger partial charge in [-0.1, -0.05) is 37.7 Å². The fourth-order valence-corrected chi connectivity index (χ4v) is 3.27. The molecule has 1 aromatic heterocycles. The van der Waals surface area contributed by atoms with Crippen molar-refractivity contribution < 1.29 is 9.53 Å². The molecule has 140 valence electrons. The highest BCUT2D eigenvalue weighted by atomic mass is 32.2. The molecule has 0 saturated carbocycles. The lowest BCUT2D eigenvalue weighted by atomic mass is 10.0. The van der Waals surface area contributed by atoms with Crippen LogP contribution in [-0.2, 0) is 11.8 Å². The third-order valence-electron chi connectivity index (χ3n) is 4.02. The van der Waals surface area contributed by atoms with E-state index in [9.17, 15) is 4.79 Å². The minimum absolute atomic E-state index is 0.0225. The zero-order valence-corrected chi connectivity index (χ0v) is 16.5. The van der Waals surface area contributed by atoms with E-state index in [1.165, 1.54) is 5.56 Å². The van der Waals surface area contributed by atoms with Crippen molar-refractivity contribution in [3.8, 4) is 5.75 Å². The molecular weight excluding hydrogens is 358 g/mol. The Labute approximate surface area is 163 Å². The molecule has 0 atom stereocenters. The molecule has 3 rings (SSSR count). The van der Waals surface area contributed by atoms with Crippen LogP contribution in [-0.4, -0.2) is 22.1 Å². The van der Waals surface area contributed by atoms with Gasteiger partial charge in [0.2, 0.25) is 0 Å². The van der Waals surface area contributed by atoms with Crippen molar-refractivity contribution in [2.75, 3.05) is 11.9 Å². The van der Waals surface area contributed by atoms with Crippen LogP contribution in [0.5, 0.6) is 5.75 Å². The zero-order valence-electron chi connectivity index (χ0n) is 15.7. The van der Waals surface area contributed by atoms with Gasteiger partial charge in [0, 0.05) is 30.0 Å². The third-order valence-corrected chi connectivity index (χ3v) is 5.10. The van der Waals surface area contributed by atoms with Gasteiger partial charge < -0.3 is 14.6 Å². The van der Waals surface area contributed by atoms with Gasteiger partial charge in [-0.15, -0.1) is 0 Å². The van der Waals surface area contributed by atoms with Crippen molar-refractivity contribution in [3.63, 3.8) is 0 Å². The second-order valence-corrected chi connectivity index (χ2v) is 7.55. The molecule has 0 aliphatic carbocycles. The van der Waals surface area contributed by atoms with Crippen LogP contribution in [0.4, 0.5) is 5.69 Å². The van der Waals surface area contributed by atoms with E-state index in [1.807, 2.05) is 60.3 Å². The first-order valence-electron chi connectivity index (χ1n) is 8.79. The Kier molecular flexibility index (Phi) is 6.19. The number of hydrogen-bond acceptors (Lipinski definition) is 4. The number of rotatable bonds is 7. The molecule has 0 saturated heterocycles. The van der Waals surface area contributed by atoms with Gasteiger partial charge in [0.15, 0.2) is 11.8 Å². The second-order valence-electron chi connectivity index (χ2n) is 6.51. The molecule has 1 N–H and O–H groups in total. The molecule has 0 unspecified atom stereocenters. The van der Waals surface area contributed by atoms with Crippen LogP contribution < -0.4 is 10.1 Å². The Morgan fingerprint density at radius 3 is 2.67 bits per heavy atom. The van der Waals surface area contributed by atoms with E-state index in [-0.39, 0.29) is 12.5 Å². The van der Waals surface area contributed by atoms with Crippen molar-refractivity contribution in [1.29, 1.82) is 0 Å². The smallest absolute Gasteiger partial charge is 0.262 e. The van der Waals surface area contributed by atoms with Crippen molar-refractivity contribution in [1.82, 2.24) is 9.55 Å². The summed E-state index contributed by atoms with van der Waals surface area (Å²) in [6, 6.07) is 15.5. The predicted molar refractivity (Wildman–Crippen MR) is 108 cm³/mol. The summed E-state index contributed by atoms with van der Waals surface area (Å²) >= 11 is 1.57. The fourth-order valence-electron chi connectivity index (χ4n) is 2.47. The van der Waals surface area contributed by atoms with E-state index in [1.54, 1.807) is 18.0 Å². The lowest BCUT2D eigenvalue weighted by molar-refractivity contribution is -0.118. The normalized spacial score (nSPS) is 10.8. The topological polar surface area (TPSA) is 56.1 Å². The van der Waals surface area contributed by atoms with Crippen LogP contribution in [0, 0.1) is 0 Å². The first-order valence-corrected chi connectivity index (χ1v) is 9.61. The number of ether oxygens (including phenoxy) is 1. The van der Waals surface area contributed by atoms with Crippen molar-refractivity contribution in [2.45, 2.75) is 29.8 Å². The van der Waals surface area contributed by atoms with Gasteiger partial charge in [0.25, 0.3) is 5.91 Å². The van der Waals surface area contributed by atoms with Crippen LogP contribution >= 0.6 is 11.8 Å². The van der Waals surface area contributed by atoms with E-state index in [0.717, 1.165) is 15.7 Å². The highest BCUT2D eigenvalue weighted by Crippen LogP contribution is 2.26. The summed E-state index contributed by atoms with van der Waals surface area (Å²) in [5.41, 5.74) is 1.93. The third kappa shape index (κ3) is 5.37. The molecule has 0 aliphatic rings. The average Bonchev–Trinajstić information content (AvgIpc) is 3.06. The van der Waals surface area contributed by atoms with Gasteiger partial charge in [-0.3, -0.25) is 4.79 Å². The monoisotopic (exact) mass is 381 g/mol. The minimum Gasteiger partial charge on any atom is -0.484 e. The standard InChI is InChI=1S/C21H23N3O2S/c1-15(2)16-5-4-6-18(13-16)26-14-20(25)23-17-7-9-19(10-8-17)27-21-22-11-12-24(21)3/h4-13,15H,14H2,1-3H3,(H,23,25). The van der Waals surface area contributed by atoms with Crippen LogP contribution in [0.2, 0.25) is 0 Å². The molecule has 2 aromatic carbocycles. The first-order chi connectivity index (χ1) is 13.0. The van der Waals surface area contributed by atoms with E-state index in [2.05, 4.69) is 30.2 Å². The summed E-state index contributed by atoms with van der Waals surface area (Å²) in [6.07, 6.45) is 3.68. The van der Waals surface area contributed by atoms with Gasteiger partial charge in [0.1, 0.15) is 5.75 Å². The van der Waals surface area contributed by atoms with Crippen LogP contribution in [0.15, 0.2) is 71.0 Å². The van der Waals surface area contributed by atoms with Crippen LogP contribution in [0.3, 0.4) is 0 Å².